The number of halogens is 2. The Balaban J connectivity index is 0.00000150. The van der Waals surface area contributed by atoms with Crippen LogP contribution in [0.15, 0.2) is 24.4 Å². The smallest absolute Gasteiger partial charge is 0.261 e. The van der Waals surface area contributed by atoms with E-state index in [4.69, 9.17) is 4.74 Å². The van der Waals surface area contributed by atoms with E-state index in [0.29, 0.717) is 13.1 Å². The van der Waals surface area contributed by atoms with Gasteiger partial charge in [0.2, 0.25) is 0 Å². The number of amides is 1. The maximum Gasteiger partial charge on any atom is 0.261 e. The van der Waals surface area contributed by atoms with E-state index in [0.717, 1.165) is 55.2 Å². The molecule has 2 aromatic rings. The summed E-state index contributed by atoms with van der Waals surface area (Å²) < 4.78 is 6.21. The molecule has 1 fully saturated rings. The summed E-state index contributed by atoms with van der Waals surface area (Å²) in [6.07, 6.45) is 4.63. The summed E-state index contributed by atoms with van der Waals surface area (Å²) in [5.41, 5.74) is 2.21. The van der Waals surface area contributed by atoms with Gasteiger partial charge in [0.05, 0.1) is 11.5 Å². The maximum absolute atomic E-state index is 12.6. The van der Waals surface area contributed by atoms with E-state index in [1.54, 1.807) is 17.5 Å². The minimum atomic E-state index is -0.180. The number of thiophene rings is 1. The van der Waals surface area contributed by atoms with Crippen LogP contribution in [0.2, 0.25) is 0 Å². The lowest BCUT2D eigenvalue weighted by atomic mass is 9.86. The first kappa shape index (κ1) is 23.9. The molecule has 0 atom stereocenters. The molecule has 2 aromatic heterocycles. The summed E-state index contributed by atoms with van der Waals surface area (Å²) in [4.78, 5) is 19.0. The van der Waals surface area contributed by atoms with Gasteiger partial charge >= 0.3 is 0 Å². The molecule has 2 aliphatic rings. The van der Waals surface area contributed by atoms with Crippen molar-refractivity contribution in [1.29, 1.82) is 0 Å². The van der Waals surface area contributed by atoms with E-state index in [2.05, 4.69) is 27.0 Å². The van der Waals surface area contributed by atoms with Crippen molar-refractivity contribution >= 4 is 47.9 Å². The molecule has 0 bridgehead atoms. The number of nitrogens with one attached hydrogen (secondary N) is 3. The van der Waals surface area contributed by atoms with Crippen LogP contribution in [0.25, 0.3) is 0 Å². The van der Waals surface area contributed by atoms with Gasteiger partial charge in [-0.2, -0.15) is 0 Å². The molecule has 4 heterocycles. The molecule has 3 N–H and O–H groups in total. The molecule has 160 valence electrons. The van der Waals surface area contributed by atoms with E-state index < -0.39 is 0 Å². The van der Waals surface area contributed by atoms with Crippen LogP contribution >= 0.6 is 36.2 Å². The number of rotatable bonds is 5. The quantitative estimate of drug-likeness (QED) is 0.599. The third-order valence-corrected chi connectivity index (χ3v) is 6.68. The number of nitrogens with zero attached hydrogens (tertiary/aromatic N) is 1. The van der Waals surface area contributed by atoms with Crippen LogP contribution in [0.5, 0.6) is 0 Å². The second-order valence-electron chi connectivity index (χ2n) is 7.16. The van der Waals surface area contributed by atoms with Crippen LogP contribution in [0.4, 0.5) is 5.82 Å². The summed E-state index contributed by atoms with van der Waals surface area (Å²) >= 11 is 1.61. The molecule has 0 aliphatic carbocycles. The minimum absolute atomic E-state index is 0. The summed E-state index contributed by atoms with van der Waals surface area (Å²) in [6, 6.07) is 6.00. The van der Waals surface area contributed by atoms with Crippen LogP contribution < -0.4 is 16.0 Å². The van der Waals surface area contributed by atoms with Crippen molar-refractivity contribution in [3.8, 4) is 0 Å². The lowest BCUT2D eigenvalue weighted by Crippen LogP contribution is -2.43. The van der Waals surface area contributed by atoms with Gasteiger partial charge in [-0.1, -0.05) is 6.07 Å². The predicted octanol–water partition coefficient (Wildman–Crippen LogP) is 3.29. The molecule has 1 saturated heterocycles. The number of carbonyl (C=O) groups is 1. The first-order valence-corrected chi connectivity index (χ1v) is 10.4. The molecule has 1 amide bonds. The van der Waals surface area contributed by atoms with Crippen LogP contribution in [-0.2, 0) is 16.8 Å². The molecule has 0 saturated carbocycles. The summed E-state index contributed by atoms with van der Waals surface area (Å²) in [6.45, 7) is 5.91. The number of pyridine rings is 1. The van der Waals surface area contributed by atoms with Gasteiger partial charge in [0.25, 0.3) is 5.91 Å². The molecule has 0 unspecified atom stereocenters. The Bertz CT molecular complexity index is 825. The van der Waals surface area contributed by atoms with E-state index in [1.165, 1.54) is 10.4 Å². The number of fused-ring (bicyclic) bond motifs is 2. The Labute approximate surface area is 188 Å². The van der Waals surface area contributed by atoms with Gasteiger partial charge in [0, 0.05) is 24.2 Å². The molecular weight excluding hydrogens is 431 g/mol. The van der Waals surface area contributed by atoms with E-state index in [9.17, 15) is 4.79 Å². The largest absolute Gasteiger partial charge is 0.369 e. The molecule has 1 spiro atoms. The number of anilines is 1. The fourth-order valence-corrected chi connectivity index (χ4v) is 5.18. The number of carbonyl (C=O) groups excluding carboxylic acids is 1. The Morgan fingerprint density at radius 3 is 2.86 bits per heavy atom. The van der Waals surface area contributed by atoms with Crippen LogP contribution in [0.3, 0.4) is 0 Å². The molecule has 0 radical (unpaired) electrons. The molecular formula is C20H28Cl2N4O2S. The van der Waals surface area contributed by atoms with Crippen LogP contribution in [0.1, 0.15) is 38.5 Å². The van der Waals surface area contributed by atoms with Gasteiger partial charge in [0.15, 0.2) is 0 Å². The SMILES string of the molecule is Cc1cccnc1NCCNC(=O)c1cc2c(s1)C1(CCNCC1)OCC2.Cl.Cl. The fraction of sp³-hybridized carbons (Fsp3) is 0.500. The summed E-state index contributed by atoms with van der Waals surface area (Å²) in [5, 5.41) is 9.68. The van der Waals surface area contributed by atoms with E-state index in [-0.39, 0.29) is 36.3 Å². The summed E-state index contributed by atoms with van der Waals surface area (Å²) in [7, 11) is 0. The number of hydrogen-bond acceptors (Lipinski definition) is 6. The number of aromatic nitrogens is 1. The monoisotopic (exact) mass is 458 g/mol. The van der Waals surface area contributed by atoms with Gasteiger partial charge in [0.1, 0.15) is 11.4 Å². The zero-order valence-electron chi connectivity index (χ0n) is 16.5. The second kappa shape index (κ2) is 10.6. The Kier molecular flexibility index (Phi) is 8.73. The highest BCUT2D eigenvalue weighted by Gasteiger charge is 2.41. The minimum Gasteiger partial charge on any atom is -0.369 e. The van der Waals surface area contributed by atoms with Crippen molar-refractivity contribution in [2.45, 2.75) is 31.8 Å². The van der Waals surface area contributed by atoms with E-state index in [1.807, 2.05) is 19.1 Å². The highest BCUT2D eigenvalue weighted by Crippen LogP contribution is 2.44. The number of aryl methyl sites for hydroxylation is 1. The van der Waals surface area contributed by atoms with Gasteiger partial charge < -0.3 is 20.7 Å². The van der Waals surface area contributed by atoms with Crippen LogP contribution in [-0.4, -0.2) is 43.7 Å². The van der Waals surface area contributed by atoms with E-state index >= 15 is 0 Å². The van der Waals surface area contributed by atoms with Crippen molar-refractivity contribution < 1.29 is 9.53 Å². The predicted molar refractivity (Wildman–Crippen MR) is 122 cm³/mol. The van der Waals surface area contributed by atoms with Crippen molar-refractivity contribution in [2.75, 3.05) is 38.1 Å². The summed E-state index contributed by atoms with van der Waals surface area (Å²) in [5.74, 6) is 0.862. The van der Waals surface area contributed by atoms with Crippen molar-refractivity contribution in [3.05, 3.63) is 45.3 Å². The Morgan fingerprint density at radius 1 is 1.31 bits per heavy atom. The number of ether oxygens (including phenoxy) is 1. The first-order chi connectivity index (χ1) is 13.2. The zero-order valence-corrected chi connectivity index (χ0v) is 18.9. The topological polar surface area (TPSA) is 75.3 Å². The maximum atomic E-state index is 12.6. The van der Waals surface area contributed by atoms with Gasteiger partial charge in [-0.3, -0.25) is 4.79 Å². The zero-order chi connectivity index (χ0) is 18.7. The second-order valence-corrected chi connectivity index (χ2v) is 8.21. The molecule has 6 nitrogen and oxygen atoms in total. The average Bonchev–Trinajstić information content (AvgIpc) is 3.13. The van der Waals surface area contributed by atoms with Crippen molar-refractivity contribution in [2.24, 2.45) is 0 Å². The fourth-order valence-electron chi connectivity index (χ4n) is 3.85. The molecule has 4 rings (SSSR count). The highest BCUT2D eigenvalue weighted by atomic mass is 35.5. The molecule has 0 aromatic carbocycles. The highest BCUT2D eigenvalue weighted by molar-refractivity contribution is 7.14. The van der Waals surface area contributed by atoms with Gasteiger partial charge in [-0.05, 0) is 62.5 Å². The number of hydrogen-bond donors (Lipinski definition) is 3. The standard InChI is InChI=1S/C20H26N4O2S.2ClH/c1-14-3-2-7-22-18(14)23-10-11-24-19(25)16-13-15-4-12-26-20(17(15)27-16)5-8-21-9-6-20;;/h2-3,7,13,21H,4-6,8-12H2,1H3,(H,22,23)(H,24,25);2*1H. The lowest BCUT2D eigenvalue weighted by molar-refractivity contribution is -0.0771. The number of piperidine rings is 1. The van der Waals surface area contributed by atoms with Gasteiger partial charge in [-0.25, -0.2) is 4.98 Å². The molecule has 9 heteroatoms. The average molecular weight is 459 g/mol. The molecule has 29 heavy (non-hydrogen) atoms. The van der Waals surface area contributed by atoms with Gasteiger partial charge in [-0.15, -0.1) is 36.2 Å². The molecule has 2 aliphatic heterocycles. The van der Waals surface area contributed by atoms with Crippen LogP contribution in [0, 0.1) is 6.92 Å². The first-order valence-electron chi connectivity index (χ1n) is 9.59. The van der Waals surface area contributed by atoms with Crippen molar-refractivity contribution in [3.63, 3.8) is 0 Å². The third-order valence-electron chi connectivity index (χ3n) is 5.32. The lowest BCUT2D eigenvalue weighted by Gasteiger charge is -2.40. The third kappa shape index (κ3) is 5.22. The Morgan fingerprint density at radius 2 is 2.10 bits per heavy atom. The van der Waals surface area contributed by atoms with Crippen molar-refractivity contribution in [1.82, 2.24) is 15.6 Å². The Hall–Kier alpha value is -1.38. The normalized spacial score (nSPS) is 16.9.